The molecule has 2 rings (SSSR count). The second-order valence-corrected chi connectivity index (χ2v) is 4.07. The first kappa shape index (κ1) is 9.97. The van der Waals surface area contributed by atoms with E-state index in [9.17, 15) is 0 Å². The van der Waals surface area contributed by atoms with E-state index < -0.39 is 0 Å². The molecule has 0 amide bonds. The first-order chi connectivity index (χ1) is 6.83. The minimum absolute atomic E-state index is 0.369. The SMILES string of the molecule is NCC1COCC1c1ccccc1Cl. The number of ether oxygens (including phenoxy) is 1. The van der Waals surface area contributed by atoms with Gasteiger partial charge >= 0.3 is 0 Å². The quantitative estimate of drug-likeness (QED) is 0.813. The van der Waals surface area contributed by atoms with Gasteiger partial charge in [-0.25, -0.2) is 0 Å². The predicted octanol–water partition coefficient (Wildman–Crippen LogP) is 2.03. The Morgan fingerprint density at radius 3 is 2.86 bits per heavy atom. The third-order valence-electron chi connectivity index (χ3n) is 2.81. The fourth-order valence-electron chi connectivity index (χ4n) is 1.95. The summed E-state index contributed by atoms with van der Waals surface area (Å²) in [5, 5.41) is 0.821. The van der Waals surface area contributed by atoms with Gasteiger partial charge in [-0.2, -0.15) is 0 Å². The van der Waals surface area contributed by atoms with E-state index in [4.69, 9.17) is 22.1 Å². The van der Waals surface area contributed by atoms with Crippen molar-refractivity contribution in [2.75, 3.05) is 19.8 Å². The van der Waals surface area contributed by atoms with E-state index in [-0.39, 0.29) is 0 Å². The van der Waals surface area contributed by atoms with Gasteiger partial charge in [0.25, 0.3) is 0 Å². The second kappa shape index (κ2) is 4.30. The number of hydrogen-bond donors (Lipinski definition) is 1. The van der Waals surface area contributed by atoms with Crippen LogP contribution in [0.3, 0.4) is 0 Å². The Morgan fingerprint density at radius 2 is 2.14 bits per heavy atom. The molecule has 0 saturated carbocycles. The molecule has 1 saturated heterocycles. The average molecular weight is 212 g/mol. The molecule has 2 atom stereocenters. The Kier molecular flexibility index (Phi) is 3.06. The van der Waals surface area contributed by atoms with Crippen molar-refractivity contribution < 1.29 is 4.74 Å². The maximum atomic E-state index is 6.13. The molecular weight excluding hydrogens is 198 g/mol. The summed E-state index contributed by atoms with van der Waals surface area (Å²) in [7, 11) is 0. The summed E-state index contributed by atoms with van der Waals surface area (Å²) in [4.78, 5) is 0. The summed E-state index contributed by atoms with van der Waals surface area (Å²) in [6.07, 6.45) is 0. The Morgan fingerprint density at radius 1 is 1.36 bits per heavy atom. The van der Waals surface area contributed by atoms with Crippen LogP contribution < -0.4 is 5.73 Å². The van der Waals surface area contributed by atoms with Crippen LogP contribution in [0, 0.1) is 5.92 Å². The van der Waals surface area contributed by atoms with E-state index >= 15 is 0 Å². The Hall–Kier alpha value is -0.570. The van der Waals surface area contributed by atoms with Crippen LogP contribution in [0.15, 0.2) is 24.3 Å². The monoisotopic (exact) mass is 211 g/mol. The van der Waals surface area contributed by atoms with Gasteiger partial charge in [0.15, 0.2) is 0 Å². The topological polar surface area (TPSA) is 35.2 Å². The van der Waals surface area contributed by atoms with Gasteiger partial charge in [0.05, 0.1) is 13.2 Å². The Bertz CT molecular complexity index is 316. The Balaban J connectivity index is 2.26. The van der Waals surface area contributed by atoms with Gasteiger partial charge < -0.3 is 10.5 Å². The fourth-order valence-corrected chi connectivity index (χ4v) is 2.23. The summed E-state index contributed by atoms with van der Waals surface area (Å²) in [5.74, 6) is 0.781. The van der Waals surface area contributed by atoms with Crippen molar-refractivity contribution in [1.82, 2.24) is 0 Å². The summed E-state index contributed by atoms with van der Waals surface area (Å²) in [6.45, 7) is 2.16. The molecule has 1 aliphatic rings. The maximum Gasteiger partial charge on any atom is 0.0539 e. The number of benzene rings is 1. The highest BCUT2D eigenvalue weighted by atomic mass is 35.5. The molecular formula is C11H14ClNO. The highest BCUT2D eigenvalue weighted by molar-refractivity contribution is 6.31. The van der Waals surface area contributed by atoms with E-state index in [1.807, 2.05) is 18.2 Å². The molecule has 3 heteroatoms. The van der Waals surface area contributed by atoms with Crippen LogP contribution in [0.5, 0.6) is 0 Å². The lowest BCUT2D eigenvalue weighted by Gasteiger charge is -2.16. The molecule has 0 bridgehead atoms. The molecule has 76 valence electrons. The minimum atomic E-state index is 0.369. The van der Waals surface area contributed by atoms with Crippen molar-refractivity contribution in [2.45, 2.75) is 5.92 Å². The highest BCUT2D eigenvalue weighted by Gasteiger charge is 2.29. The molecule has 0 spiro atoms. The lowest BCUT2D eigenvalue weighted by Crippen LogP contribution is -2.20. The van der Waals surface area contributed by atoms with Crippen molar-refractivity contribution >= 4 is 11.6 Å². The van der Waals surface area contributed by atoms with Crippen LogP contribution in [0.1, 0.15) is 11.5 Å². The third-order valence-corrected chi connectivity index (χ3v) is 3.15. The third kappa shape index (κ3) is 1.78. The van der Waals surface area contributed by atoms with E-state index in [0.29, 0.717) is 18.4 Å². The molecule has 14 heavy (non-hydrogen) atoms. The van der Waals surface area contributed by atoms with Crippen molar-refractivity contribution in [2.24, 2.45) is 11.7 Å². The van der Waals surface area contributed by atoms with E-state index in [1.165, 1.54) is 5.56 Å². The molecule has 1 aliphatic heterocycles. The zero-order valence-electron chi connectivity index (χ0n) is 7.95. The van der Waals surface area contributed by atoms with Gasteiger partial charge in [0.1, 0.15) is 0 Å². The predicted molar refractivity (Wildman–Crippen MR) is 57.6 cm³/mol. The lowest BCUT2D eigenvalue weighted by atomic mass is 9.89. The fraction of sp³-hybridized carbons (Fsp3) is 0.455. The van der Waals surface area contributed by atoms with Gasteiger partial charge in [0.2, 0.25) is 0 Å². The van der Waals surface area contributed by atoms with Gasteiger partial charge in [-0.05, 0) is 18.2 Å². The normalized spacial score (nSPS) is 26.7. The highest BCUT2D eigenvalue weighted by Crippen LogP contribution is 2.34. The standard InChI is InChI=1S/C11H14ClNO/c12-11-4-2-1-3-9(11)10-7-14-6-8(10)5-13/h1-4,8,10H,5-7,13H2. The van der Waals surface area contributed by atoms with Gasteiger partial charge in [0, 0.05) is 16.9 Å². The molecule has 2 nitrogen and oxygen atoms in total. The lowest BCUT2D eigenvalue weighted by molar-refractivity contribution is 0.185. The molecule has 0 aromatic heterocycles. The van der Waals surface area contributed by atoms with Crippen LogP contribution >= 0.6 is 11.6 Å². The molecule has 0 aliphatic carbocycles. The molecule has 2 unspecified atom stereocenters. The van der Waals surface area contributed by atoms with Crippen LogP contribution in [0.2, 0.25) is 5.02 Å². The first-order valence-electron chi connectivity index (χ1n) is 4.85. The van der Waals surface area contributed by atoms with Gasteiger partial charge in [-0.1, -0.05) is 29.8 Å². The van der Waals surface area contributed by atoms with Crippen molar-refractivity contribution in [3.05, 3.63) is 34.9 Å². The number of rotatable bonds is 2. The molecule has 1 aromatic carbocycles. The zero-order chi connectivity index (χ0) is 9.97. The van der Waals surface area contributed by atoms with E-state index in [0.717, 1.165) is 18.2 Å². The van der Waals surface area contributed by atoms with E-state index in [1.54, 1.807) is 0 Å². The molecule has 0 radical (unpaired) electrons. The summed E-state index contributed by atoms with van der Waals surface area (Å²) < 4.78 is 5.43. The maximum absolute atomic E-state index is 6.13. The van der Waals surface area contributed by atoms with E-state index in [2.05, 4.69) is 6.07 Å². The Labute approximate surface area is 89.0 Å². The molecule has 2 N–H and O–H groups in total. The summed E-state index contributed by atoms with van der Waals surface area (Å²) in [5.41, 5.74) is 6.86. The van der Waals surface area contributed by atoms with Gasteiger partial charge in [-0.3, -0.25) is 0 Å². The van der Waals surface area contributed by atoms with Crippen molar-refractivity contribution in [3.63, 3.8) is 0 Å². The number of nitrogens with two attached hydrogens (primary N) is 1. The largest absolute Gasteiger partial charge is 0.380 e. The summed E-state index contributed by atoms with van der Waals surface area (Å²) >= 11 is 6.13. The van der Waals surface area contributed by atoms with Crippen LogP contribution in [-0.2, 0) is 4.74 Å². The minimum Gasteiger partial charge on any atom is -0.380 e. The molecule has 1 fully saturated rings. The van der Waals surface area contributed by atoms with Crippen molar-refractivity contribution in [1.29, 1.82) is 0 Å². The van der Waals surface area contributed by atoms with Crippen LogP contribution in [-0.4, -0.2) is 19.8 Å². The smallest absolute Gasteiger partial charge is 0.0539 e. The average Bonchev–Trinajstić information content (AvgIpc) is 2.66. The second-order valence-electron chi connectivity index (χ2n) is 3.66. The van der Waals surface area contributed by atoms with Crippen molar-refractivity contribution in [3.8, 4) is 0 Å². The van der Waals surface area contributed by atoms with Crippen LogP contribution in [0.25, 0.3) is 0 Å². The first-order valence-corrected chi connectivity index (χ1v) is 5.23. The van der Waals surface area contributed by atoms with Crippen LogP contribution in [0.4, 0.5) is 0 Å². The number of hydrogen-bond acceptors (Lipinski definition) is 2. The molecule has 1 aromatic rings. The van der Waals surface area contributed by atoms with Gasteiger partial charge in [-0.15, -0.1) is 0 Å². The zero-order valence-corrected chi connectivity index (χ0v) is 8.70. The molecule has 1 heterocycles. The summed E-state index contributed by atoms with van der Waals surface area (Å²) in [6, 6.07) is 7.93. The number of halogens is 1.